The fourth-order valence-electron chi connectivity index (χ4n) is 2.41. The highest BCUT2D eigenvalue weighted by Gasteiger charge is 2.24. The van der Waals surface area contributed by atoms with E-state index in [-0.39, 0.29) is 12.0 Å². The molecule has 0 radical (unpaired) electrons. The second-order valence-corrected chi connectivity index (χ2v) is 5.49. The molecule has 1 fully saturated rings. The van der Waals surface area contributed by atoms with Crippen LogP contribution in [0.2, 0.25) is 5.02 Å². The zero-order valence-corrected chi connectivity index (χ0v) is 12.4. The third kappa shape index (κ3) is 2.94. The standard InChI is InChI=1S/C15H16ClN3O2/c1-10-9-19(6-7-21-10)15(20)14-8-13(17-18-14)11-4-2-3-5-12(11)16/h2-5,8,10H,6-7,9H2,1H3,(H,17,18)/t10-/m1/s1. The maximum atomic E-state index is 12.4. The van der Waals surface area contributed by atoms with Gasteiger partial charge in [-0.2, -0.15) is 5.10 Å². The van der Waals surface area contributed by atoms with Gasteiger partial charge in [0.1, 0.15) is 5.69 Å². The number of H-pyrrole nitrogens is 1. The number of ether oxygens (including phenoxy) is 1. The molecule has 5 nitrogen and oxygen atoms in total. The lowest BCUT2D eigenvalue weighted by Gasteiger charge is -2.30. The predicted octanol–water partition coefficient (Wildman–Crippen LogP) is 2.59. The number of carbonyl (C=O) groups excluding carboxylic acids is 1. The predicted molar refractivity (Wildman–Crippen MR) is 80.4 cm³/mol. The van der Waals surface area contributed by atoms with Crippen LogP contribution >= 0.6 is 11.6 Å². The first-order valence-corrected chi connectivity index (χ1v) is 7.24. The highest BCUT2D eigenvalue weighted by Crippen LogP contribution is 2.26. The van der Waals surface area contributed by atoms with Crippen molar-refractivity contribution in [2.75, 3.05) is 19.7 Å². The summed E-state index contributed by atoms with van der Waals surface area (Å²) in [5, 5.41) is 7.61. The molecule has 1 aromatic carbocycles. The van der Waals surface area contributed by atoms with E-state index in [9.17, 15) is 4.79 Å². The Balaban J connectivity index is 1.82. The molecule has 1 atom stereocenters. The summed E-state index contributed by atoms with van der Waals surface area (Å²) in [6.45, 7) is 3.73. The summed E-state index contributed by atoms with van der Waals surface area (Å²) in [4.78, 5) is 14.2. The molecule has 0 spiro atoms. The Morgan fingerprint density at radius 2 is 2.29 bits per heavy atom. The van der Waals surface area contributed by atoms with Gasteiger partial charge in [0.05, 0.1) is 23.4 Å². The van der Waals surface area contributed by atoms with Crippen molar-refractivity contribution in [1.29, 1.82) is 0 Å². The number of morpholine rings is 1. The molecule has 1 saturated heterocycles. The number of hydrogen-bond donors (Lipinski definition) is 1. The highest BCUT2D eigenvalue weighted by molar-refractivity contribution is 6.33. The van der Waals surface area contributed by atoms with E-state index in [0.29, 0.717) is 36.1 Å². The second kappa shape index (κ2) is 5.87. The zero-order valence-electron chi connectivity index (χ0n) is 11.7. The van der Waals surface area contributed by atoms with Crippen molar-refractivity contribution in [2.45, 2.75) is 13.0 Å². The molecule has 3 rings (SSSR count). The molecule has 1 aliphatic heterocycles. The van der Waals surface area contributed by atoms with Gasteiger partial charge >= 0.3 is 0 Å². The van der Waals surface area contributed by atoms with Crippen LogP contribution < -0.4 is 0 Å². The van der Waals surface area contributed by atoms with Crippen LogP contribution in [0.15, 0.2) is 30.3 Å². The normalized spacial score (nSPS) is 18.8. The van der Waals surface area contributed by atoms with Gasteiger partial charge in [-0.05, 0) is 19.1 Å². The van der Waals surface area contributed by atoms with E-state index in [1.807, 2.05) is 25.1 Å². The Morgan fingerprint density at radius 1 is 1.48 bits per heavy atom. The van der Waals surface area contributed by atoms with Crippen LogP contribution in [0, 0.1) is 0 Å². The summed E-state index contributed by atoms with van der Waals surface area (Å²) in [6.07, 6.45) is 0.0636. The minimum Gasteiger partial charge on any atom is -0.375 e. The van der Waals surface area contributed by atoms with Crippen LogP contribution in [0.1, 0.15) is 17.4 Å². The molecule has 2 aromatic rings. The molecule has 0 aliphatic carbocycles. The van der Waals surface area contributed by atoms with Crippen molar-refractivity contribution in [3.63, 3.8) is 0 Å². The van der Waals surface area contributed by atoms with Gasteiger partial charge in [0, 0.05) is 18.7 Å². The minimum absolute atomic E-state index is 0.0593. The minimum atomic E-state index is -0.0593. The smallest absolute Gasteiger partial charge is 0.272 e. The lowest BCUT2D eigenvalue weighted by atomic mass is 10.1. The van der Waals surface area contributed by atoms with Gasteiger partial charge in [-0.15, -0.1) is 0 Å². The van der Waals surface area contributed by atoms with Crippen molar-refractivity contribution >= 4 is 17.5 Å². The number of rotatable bonds is 2. The average Bonchev–Trinajstić information content (AvgIpc) is 2.96. The van der Waals surface area contributed by atoms with Crippen LogP contribution in [0.25, 0.3) is 11.3 Å². The van der Waals surface area contributed by atoms with Crippen LogP contribution in [0.5, 0.6) is 0 Å². The number of amides is 1. The quantitative estimate of drug-likeness (QED) is 0.928. The van der Waals surface area contributed by atoms with E-state index in [1.54, 1.807) is 17.0 Å². The first-order valence-electron chi connectivity index (χ1n) is 6.86. The number of hydrogen-bond acceptors (Lipinski definition) is 3. The van der Waals surface area contributed by atoms with Gasteiger partial charge in [-0.3, -0.25) is 9.89 Å². The van der Waals surface area contributed by atoms with Gasteiger partial charge < -0.3 is 9.64 Å². The maximum absolute atomic E-state index is 12.4. The number of benzene rings is 1. The number of aromatic nitrogens is 2. The van der Waals surface area contributed by atoms with Crippen molar-refractivity contribution < 1.29 is 9.53 Å². The van der Waals surface area contributed by atoms with Crippen molar-refractivity contribution in [2.24, 2.45) is 0 Å². The largest absolute Gasteiger partial charge is 0.375 e. The van der Waals surface area contributed by atoms with E-state index >= 15 is 0 Å². The van der Waals surface area contributed by atoms with Crippen LogP contribution in [-0.4, -0.2) is 46.8 Å². The fraction of sp³-hybridized carbons (Fsp3) is 0.333. The van der Waals surface area contributed by atoms with Gasteiger partial charge in [0.2, 0.25) is 0 Å². The number of halogens is 1. The molecule has 1 amide bonds. The Kier molecular flexibility index (Phi) is 3.94. The third-order valence-corrected chi connectivity index (χ3v) is 3.82. The first-order chi connectivity index (χ1) is 10.1. The van der Waals surface area contributed by atoms with Gasteiger partial charge in [0.15, 0.2) is 0 Å². The SMILES string of the molecule is C[C@@H]1CN(C(=O)c2cc(-c3ccccc3Cl)n[nH]2)CCO1. The molecule has 110 valence electrons. The second-order valence-electron chi connectivity index (χ2n) is 5.08. The monoisotopic (exact) mass is 305 g/mol. The Hall–Kier alpha value is -1.85. The van der Waals surface area contributed by atoms with Crippen molar-refractivity contribution in [1.82, 2.24) is 15.1 Å². The third-order valence-electron chi connectivity index (χ3n) is 3.49. The van der Waals surface area contributed by atoms with E-state index < -0.39 is 0 Å². The lowest BCUT2D eigenvalue weighted by Crippen LogP contribution is -2.44. The van der Waals surface area contributed by atoms with Crippen LogP contribution in [0.3, 0.4) is 0 Å². The van der Waals surface area contributed by atoms with E-state index in [2.05, 4.69) is 10.2 Å². The molecular weight excluding hydrogens is 290 g/mol. The summed E-state index contributed by atoms with van der Waals surface area (Å²) in [5.41, 5.74) is 1.95. The summed E-state index contributed by atoms with van der Waals surface area (Å²) in [6, 6.07) is 9.17. The highest BCUT2D eigenvalue weighted by atomic mass is 35.5. The summed E-state index contributed by atoms with van der Waals surface area (Å²) in [7, 11) is 0. The first kappa shape index (κ1) is 14.1. The molecule has 6 heteroatoms. The molecule has 2 heterocycles. The number of nitrogens with zero attached hydrogens (tertiary/aromatic N) is 2. The summed E-state index contributed by atoms with van der Waals surface area (Å²) in [5.74, 6) is -0.0593. The van der Waals surface area contributed by atoms with E-state index in [4.69, 9.17) is 16.3 Å². The van der Waals surface area contributed by atoms with Gasteiger partial charge in [-0.25, -0.2) is 0 Å². The van der Waals surface area contributed by atoms with Gasteiger partial charge in [0.25, 0.3) is 5.91 Å². The van der Waals surface area contributed by atoms with Crippen molar-refractivity contribution in [3.8, 4) is 11.3 Å². The summed E-state index contributed by atoms with van der Waals surface area (Å²) < 4.78 is 5.45. The molecule has 0 unspecified atom stereocenters. The molecule has 0 bridgehead atoms. The molecule has 1 N–H and O–H groups in total. The Morgan fingerprint density at radius 3 is 3.05 bits per heavy atom. The van der Waals surface area contributed by atoms with E-state index in [0.717, 1.165) is 5.56 Å². The zero-order chi connectivity index (χ0) is 14.8. The number of aromatic amines is 1. The number of carbonyl (C=O) groups is 1. The Labute approximate surface area is 127 Å². The van der Waals surface area contributed by atoms with Crippen LogP contribution in [-0.2, 0) is 4.74 Å². The Bertz CT molecular complexity index is 656. The molecule has 0 saturated carbocycles. The lowest BCUT2D eigenvalue weighted by molar-refractivity contribution is -0.0126. The van der Waals surface area contributed by atoms with Gasteiger partial charge in [-0.1, -0.05) is 29.8 Å². The van der Waals surface area contributed by atoms with Crippen molar-refractivity contribution in [3.05, 3.63) is 41.0 Å². The maximum Gasteiger partial charge on any atom is 0.272 e. The summed E-state index contributed by atoms with van der Waals surface area (Å²) >= 11 is 6.15. The van der Waals surface area contributed by atoms with E-state index in [1.165, 1.54) is 0 Å². The molecule has 21 heavy (non-hydrogen) atoms. The molecule has 1 aliphatic rings. The molecular formula is C15H16ClN3O2. The fourth-order valence-corrected chi connectivity index (χ4v) is 2.64. The molecule has 1 aromatic heterocycles. The topological polar surface area (TPSA) is 58.2 Å². The average molecular weight is 306 g/mol. The number of nitrogens with one attached hydrogen (secondary N) is 1. The van der Waals surface area contributed by atoms with Crippen LogP contribution in [0.4, 0.5) is 0 Å².